The molecule has 18 heavy (non-hydrogen) atoms. The Hall–Kier alpha value is -2.35. The van der Waals surface area contributed by atoms with Crippen LogP contribution in [-0.2, 0) is 0 Å². The van der Waals surface area contributed by atoms with Crippen LogP contribution < -0.4 is 16.2 Å². The van der Waals surface area contributed by atoms with Crippen LogP contribution in [-0.4, -0.2) is 5.84 Å². The quantitative estimate of drug-likeness (QED) is 0.624. The van der Waals surface area contributed by atoms with E-state index in [0.29, 0.717) is 5.84 Å². The van der Waals surface area contributed by atoms with Crippen molar-refractivity contribution >= 4 is 18.1 Å². The maximum Gasteiger partial charge on any atom is 0.0965 e. The molecule has 0 saturated carbocycles. The number of amidine groups is 1. The summed E-state index contributed by atoms with van der Waals surface area (Å²) in [7, 11) is 0. The number of benzene rings is 2. The Labute approximate surface area is 107 Å². The van der Waals surface area contributed by atoms with Crippen molar-refractivity contribution in [3.05, 3.63) is 70.6 Å². The highest BCUT2D eigenvalue weighted by Gasteiger charge is 2.01. The predicted molar refractivity (Wildman–Crippen MR) is 77.5 cm³/mol. The zero-order valence-corrected chi connectivity index (χ0v) is 10.4. The van der Waals surface area contributed by atoms with Gasteiger partial charge in [-0.2, -0.15) is 0 Å². The SMILES string of the molecule is C=c1cccc/c1=C(/N=C(C)N)c1ccccc1. The molecule has 2 heteroatoms. The number of nitrogens with zero attached hydrogens (tertiary/aromatic N) is 1. The third kappa shape index (κ3) is 2.66. The van der Waals surface area contributed by atoms with Crippen LogP contribution in [0.2, 0.25) is 0 Å². The van der Waals surface area contributed by atoms with E-state index in [1.165, 1.54) is 0 Å². The molecule has 0 saturated heterocycles. The second-order valence-electron chi connectivity index (χ2n) is 4.12. The van der Waals surface area contributed by atoms with Gasteiger partial charge in [0.15, 0.2) is 0 Å². The van der Waals surface area contributed by atoms with Crippen LogP contribution in [0.15, 0.2) is 59.6 Å². The Bertz CT molecular complexity index is 666. The van der Waals surface area contributed by atoms with Crippen LogP contribution in [0.3, 0.4) is 0 Å². The molecule has 2 rings (SSSR count). The third-order valence-corrected chi connectivity index (χ3v) is 2.61. The number of nitrogens with two attached hydrogens (primary N) is 1. The molecule has 2 aromatic carbocycles. The molecule has 2 nitrogen and oxygen atoms in total. The van der Waals surface area contributed by atoms with Gasteiger partial charge in [0.05, 0.1) is 11.5 Å². The van der Waals surface area contributed by atoms with Crippen molar-refractivity contribution in [2.24, 2.45) is 10.7 Å². The van der Waals surface area contributed by atoms with E-state index < -0.39 is 0 Å². The van der Waals surface area contributed by atoms with Gasteiger partial charge in [-0.05, 0) is 12.1 Å². The van der Waals surface area contributed by atoms with Gasteiger partial charge in [0, 0.05) is 10.8 Å². The molecule has 0 heterocycles. The summed E-state index contributed by atoms with van der Waals surface area (Å²) in [4.78, 5) is 4.45. The fraction of sp³-hybridized carbons (Fsp3) is 0.0625. The summed E-state index contributed by atoms with van der Waals surface area (Å²) in [6.07, 6.45) is 0. The molecule has 0 aliphatic carbocycles. The third-order valence-electron chi connectivity index (χ3n) is 2.61. The zero-order valence-electron chi connectivity index (χ0n) is 10.4. The molecule has 0 fully saturated rings. The molecule has 2 aromatic rings. The van der Waals surface area contributed by atoms with Crippen LogP contribution >= 0.6 is 0 Å². The van der Waals surface area contributed by atoms with E-state index in [-0.39, 0.29) is 0 Å². The average molecular weight is 236 g/mol. The van der Waals surface area contributed by atoms with Gasteiger partial charge in [-0.25, -0.2) is 4.99 Å². The van der Waals surface area contributed by atoms with Gasteiger partial charge in [-0.15, -0.1) is 0 Å². The lowest BCUT2D eigenvalue weighted by Crippen LogP contribution is -2.25. The number of hydrogen-bond donors (Lipinski definition) is 1. The number of rotatable bonds is 2. The van der Waals surface area contributed by atoms with E-state index in [1.54, 1.807) is 6.92 Å². The van der Waals surface area contributed by atoms with E-state index in [1.807, 2.05) is 54.6 Å². The number of aliphatic imine (C=N–C) groups is 1. The molecule has 2 N–H and O–H groups in total. The largest absolute Gasteiger partial charge is 0.387 e. The van der Waals surface area contributed by atoms with E-state index in [9.17, 15) is 0 Å². The van der Waals surface area contributed by atoms with Crippen LogP contribution in [0, 0.1) is 0 Å². The average Bonchev–Trinajstić information content (AvgIpc) is 2.38. The lowest BCUT2D eigenvalue weighted by atomic mass is 10.1. The minimum atomic E-state index is 0.539. The monoisotopic (exact) mass is 236 g/mol. The van der Waals surface area contributed by atoms with Crippen LogP contribution in [0.25, 0.3) is 12.3 Å². The van der Waals surface area contributed by atoms with Crippen molar-refractivity contribution in [1.29, 1.82) is 0 Å². The van der Waals surface area contributed by atoms with Crippen molar-refractivity contribution in [2.45, 2.75) is 6.92 Å². The summed E-state index contributed by atoms with van der Waals surface area (Å²) in [5, 5.41) is 1.95. The summed E-state index contributed by atoms with van der Waals surface area (Å²) in [6.45, 7) is 5.83. The summed E-state index contributed by atoms with van der Waals surface area (Å²) < 4.78 is 0. The molecule has 0 aromatic heterocycles. The second kappa shape index (κ2) is 5.32. The predicted octanol–water partition coefficient (Wildman–Crippen LogP) is 1.63. The summed E-state index contributed by atoms with van der Waals surface area (Å²) in [6, 6.07) is 17.9. The van der Waals surface area contributed by atoms with Crippen LogP contribution in [0.4, 0.5) is 0 Å². The topological polar surface area (TPSA) is 38.4 Å². The smallest absolute Gasteiger partial charge is 0.0965 e. The lowest BCUT2D eigenvalue weighted by Gasteiger charge is -2.04. The maximum absolute atomic E-state index is 5.73. The van der Waals surface area contributed by atoms with Gasteiger partial charge in [0.1, 0.15) is 0 Å². The highest BCUT2D eigenvalue weighted by atomic mass is 14.9. The maximum atomic E-state index is 5.73. The highest BCUT2D eigenvalue weighted by molar-refractivity contribution is 5.84. The van der Waals surface area contributed by atoms with Crippen molar-refractivity contribution in [2.75, 3.05) is 0 Å². The van der Waals surface area contributed by atoms with E-state index in [0.717, 1.165) is 21.7 Å². The fourth-order valence-electron chi connectivity index (χ4n) is 1.80. The van der Waals surface area contributed by atoms with Gasteiger partial charge < -0.3 is 5.73 Å². The van der Waals surface area contributed by atoms with Crippen molar-refractivity contribution in [3.63, 3.8) is 0 Å². The molecule has 90 valence electrons. The fourth-order valence-corrected chi connectivity index (χ4v) is 1.80. The van der Waals surface area contributed by atoms with E-state index in [2.05, 4.69) is 11.6 Å². The van der Waals surface area contributed by atoms with Gasteiger partial charge in [0.25, 0.3) is 0 Å². The van der Waals surface area contributed by atoms with Gasteiger partial charge in [-0.1, -0.05) is 61.2 Å². The molecule has 0 radical (unpaired) electrons. The standard InChI is InChI=1S/C16H16N2/c1-12-8-6-7-11-15(12)16(18-13(2)17)14-9-4-3-5-10-14/h3-11H,1H2,2H3,(H2,17,18)/b16-15-. The van der Waals surface area contributed by atoms with Crippen molar-refractivity contribution in [3.8, 4) is 0 Å². The molecular formula is C16H16N2. The van der Waals surface area contributed by atoms with Crippen LogP contribution in [0.5, 0.6) is 0 Å². The summed E-state index contributed by atoms with van der Waals surface area (Å²) in [5.74, 6) is 0.539. The minimum absolute atomic E-state index is 0.539. The van der Waals surface area contributed by atoms with Crippen LogP contribution in [0.1, 0.15) is 12.5 Å². The lowest BCUT2D eigenvalue weighted by molar-refractivity contribution is 1.38. The van der Waals surface area contributed by atoms with Gasteiger partial charge in [-0.3, -0.25) is 0 Å². The Balaban J connectivity index is 2.81. The first kappa shape index (κ1) is 12.1. The Morgan fingerprint density at radius 3 is 2.22 bits per heavy atom. The van der Waals surface area contributed by atoms with Gasteiger partial charge >= 0.3 is 0 Å². The normalized spacial score (nSPS) is 13.3. The molecule has 0 bridgehead atoms. The Morgan fingerprint density at radius 2 is 1.61 bits per heavy atom. The minimum Gasteiger partial charge on any atom is -0.387 e. The Kier molecular flexibility index (Phi) is 3.58. The van der Waals surface area contributed by atoms with E-state index in [4.69, 9.17) is 5.73 Å². The molecule has 0 amide bonds. The highest BCUT2D eigenvalue weighted by Crippen LogP contribution is 2.11. The zero-order chi connectivity index (χ0) is 13.0. The molecular weight excluding hydrogens is 220 g/mol. The van der Waals surface area contributed by atoms with Crippen molar-refractivity contribution < 1.29 is 0 Å². The first-order chi connectivity index (χ1) is 8.68. The molecule has 0 aliphatic heterocycles. The molecule has 0 unspecified atom stereocenters. The first-order valence-corrected chi connectivity index (χ1v) is 5.83. The molecule has 0 spiro atoms. The Morgan fingerprint density at radius 1 is 1.00 bits per heavy atom. The van der Waals surface area contributed by atoms with Gasteiger partial charge in [0.2, 0.25) is 0 Å². The van der Waals surface area contributed by atoms with Crippen molar-refractivity contribution in [1.82, 2.24) is 0 Å². The first-order valence-electron chi connectivity index (χ1n) is 5.83. The molecule has 0 aliphatic rings. The number of hydrogen-bond acceptors (Lipinski definition) is 1. The summed E-state index contributed by atoms with van der Waals surface area (Å²) >= 11 is 0. The van der Waals surface area contributed by atoms with E-state index >= 15 is 0 Å². The second-order valence-corrected chi connectivity index (χ2v) is 4.12. The summed E-state index contributed by atoms with van der Waals surface area (Å²) in [5.41, 5.74) is 7.63. The molecule has 0 atom stereocenters.